The van der Waals surface area contributed by atoms with E-state index >= 15 is 0 Å². The lowest BCUT2D eigenvalue weighted by Crippen LogP contribution is -2.26. The van der Waals surface area contributed by atoms with E-state index in [9.17, 15) is 9.90 Å². The molecule has 1 N–H and O–H groups in total. The first kappa shape index (κ1) is 19.8. The van der Waals surface area contributed by atoms with Crippen molar-refractivity contribution in [1.29, 1.82) is 0 Å². The maximum absolute atomic E-state index is 12.1. The van der Waals surface area contributed by atoms with Crippen molar-refractivity contribution >= 4 is 17.7 Å². The molecule has 0 fully saturated rings. The number of carbonyl (C=O) groups excluding carboxylic acids is 1. The third kappa shape index (κ3) is 3.60. The van der Waals surface area contributed by atoms with E-state index < -0.39 is 0 Å². The smallest absolute Gasteiger partial charge is 0.319 e. The predicted molar refractivity (Wildman–Crippen MR) is 111 cm³/mol. The van der Waals surface area contributed by atoms with Crippen molar-refractivity contribution in [2.45, 2.75) is 62.5 Å². The summed E-state index contributed by atoms with van der Waals surface area (Å²) in [5, 5.41) is 9.80. The van der Waals surface area contributed by atoms with Crippen molar-refractivity contribution in [3.8, 4) is 5.75 Å². The fourth-order valence-corrected chi connectivity index (χ4v) is 5.27. The van der Waals surface area contributed by atoms with Gasteiger partial charge in [-0.15, -0.1) is 11.8 Å². The number of fused-ring (bicyclic) bond motifs is 1. The first-order valence-electron chi connectivity index (χ1n) is 9.72. The number of esters is 1. The average Bonchev–Trinajstić information content (AvgIpc) is 3.10. The zero-order valence-corrected chi connectivity index (χ0v) is 17.4. The molecule has 1 aliphatic heterocycles. The van der Waals surface area contributed by atoms with Crippen molar-refractivity contribution in [3.05, 3.63) is 58.7 Å². The van der Waals surface area contributed by atoms with Crippen LogP contribution in [0.1, 0.15) is 55.9 Å². The Labute approximate surface area is 166 Å². The summed E-state index contributed by atoms with van der Waals surface area (Å²) in [4.78, 5) is 13.3. The number of aromatic hydroxyl groups is 1. The minimum absolute atomic E-state index is 0.0971. The summed E-state index contributed by atoms with van der Waals surface area (Å²) in [5.74, 6) is 0.217. The van der Waals surface area contributed by atoms with Gasteiger partial charge in [-0.05, 0) is 67.5 Å². The Morgan fingerprint density at radius 3 is 2.44 bits per heavy atom. The van der Waals surface area contributed by atoms with Crippen LogP contribution in [0.2, 0.25) is 0 Å². The molecule has 1 aliphatic rings. The summed E-state index contributed by atoms with van der Waals surface area (Å²) < 4.78 is 5.21. The van der Waals surface area contributed by atoms with E-state index in [-0.39, 0.29) is 16.6 Å². The van der Waals surface area contributed by atoms with Gasteiger partial charge in [0.25, 0.3) is 0 Å². The molecule has 0 saturated carbocycles. The molecule has 0 bridgehead atoms. The SMILES string of the molecule is CCOC(=O)C1Cc2cc(C(CC)(CC)c3ccc(O)c(C)c3)ccc2S1. The first-order valence-corrected chi connectivity index (χ1v) is 10.6. The van der Waals surface area contributed by atoms with Gasteiger partial charge < -0.3 is 9.84 Å². The van der Waals surface area contributed by atoms with Crippen LogP contribution >= 0.6 is 11.8 Å². The van der Waals surface area contributed by atoms with Crippen LogP contribution in [0, 0.1) is 6.92 Å². The van der Waals surface area contributed by atoms with Crippen molar-refractivity contribution in [1.82, 2.24) is 0 Å². The van der Waals surface area contributed by atoms with Crippen molar-refractivity contribution in [3.63, 3.8) is 0 Å². The number of carbonyl (C=O) groups is 1. The van der Waals surface area contributed by atoms with Gasteiger partial charge in [0, 0.05) is 10.3 Å². The monoisotopic (exact) mass is 384 g/mol. The van der Waals surface area contributed by atoms with Gasteiger partial charge in [0.15, 0.2) is 0 Å². The van der Waals surface area contributed by atoms with Crippen LogP contribution in [0.4, 0.5) is 0 Å². The largest absolute Gasteiger partial charge is 0.508 e. The van der Waals surface area contributed by atoms with Gasteiger partial charge in [-0.1, -0.05) is 38.1 Å². The second-order valence-electron chi connectivity index (χ2n) is 7.18. The predicted octanol–water partition coefficient (Wildman–Crippen LogP) is 5.39. The van der Waals surface area contributed by atoms with Gasteiger partial charge in [-0.25, -0.2) is 0 Å². The molecular formula is C23H28O3S. The number of rotatable bonds is 6. The summed E-state index contributed by atoms with van der Waals surface area (Å²) in [6.07, 6.45) is 2.67. The summed E-state index contributed by atoms with van der Waals surface area (Å²) in [5.41, 5.74) is 4.55. The molecule has 1 heterocycles. The van der Waals surface area contributed by atoms with Crippen LogP contribution in [-0.2, 0) is 21.4 Å². The van der Waals surface area contributed by atoms with Crippen LogP contribution in [0.3, 0.4) is 0 Å². The number of ether oxygens (including phenoxy) is 1. The first-order chi connectivity index (χ1) is 12.9. The summed E-state index contributed by atoms with van der Waals surface area (Å²) in [7, 11) is 0. The number of benzene rings is 2. The molecule has 144 valence electrons. The van der Waals surface area contributed by atoms with E-state index in [2.05, 4.69) is 38.1 Å². The lowest BCUT2D eigenvalue weighted by atomic mass is 9.70. The third-order valence-electron chi connectivity index (χ3n) is 5.79. The molecule has 2 aromatic rings. The van der Waals surface area contributed by atoms with Gasteiger partial charge in [0.05, 0.1) is 6.61 Å². The zero-order valence-electron chi connectivity index (χ0n) is 16.5. The average molecular weight is 385 g/mol. The fourth-order valence-electron chi connectivity index (χ4n) is 4.10. The Kier molecular flexibility index (Phi) is 5.85. The Morgan fingerprint density at radius 1 is 1.15 bits per heavy atom. The Bertz CT molecular complexity index is 840. The van der Waals surface area contributed by atoms with E-state index in [4.69, 9.17) is 4.74 Å². The topological polar surface area (TPSA) is 46.5 Å². The second kappa shape index (κ2) is 7.97. The molecule has 0 aromatic heterocycles. The van der Waals surface area contributed by atoms with E-state index in [1.54, 1.807) is 17.8 Å². The molecule has 3 nitrogen and oxygen atoms in total. The highest BCUT2D eigenvalue weighted by atomic mass is 32.2. The Morgan fingerprint density at radius 2 is 1.81 bits per heavy atom. The third-order valence-corrected chi connectivity index (χ3v) is 7.09. The molecule has 2 aromatic carbocycles. The highest BCUT2D eigenvalue weighted by molar-refractivity contribution is 8.01. The molecule has 4 heteroatoms. The van der Waals surface area contributed by atoms with E-state index in [1.807, 2.05) is 19.9 Å². The maximum atomic E-state index is 12.1. The number of hydrogen-bond acceptors (Lipinski definition) is 4. The molecule has 0 saturated heterocycles. The molecule has 1 atom stereocenters. The zero-order chi connectivity index (χ0) is 19.6. The van der Waals surface area contributed by atoms with Gasteiger partial charge in [-0.2, -0.15) is 0 Å². The van der Waals surface area contributed by atoms with E-state index in [1.165, 1.54) is 21.6 Å². The molecular weight excluding hydrogens is 356 g/mol. The maximum Gasteiger partial charge on any atom is 0.319 e. The normalized spacial score (nSPS) is 16.2. The highest BCUT2D eigenvalue weighted by Gasteiger charge is 2.34. The minimum Gasteiger partial charge on any atom is -0.508 e. The molecule has 1 unspecified atom stereocenters. The standard InChI is InChI=1S/C23H28O3S/c1-5-23(6-2,17-8-10-19(24)15(4)12-17)18-9-11-20-16(13-18)14-21(27-20)22(25)26-7-3/h8-13,21,24H,5-7,14H2,1-4H3. The lowest BCUT2D eigenvalue weighted by Gasteiger charge is -2.34. The molecule has 0 radical (unpaired) electrons. The summed E-state index contributed by atoms with van der Waals surface area (Å²) in [6, 6.07) is 12.6. The van der Waals surface area contributed by atoms with Crippen LogP contribution in [0.15, 0.2) is 41.3 Å². The van der Waals surface area contributed by atoms with Gasteiger partial charge in [0.2, 0.25) is 0 Å². The molecule has 0 spiro atoms. The minimum atomic E-state index is -0.135. The molecule has 27 heavy (non-hydrogen) atoms. The van der Waals surface area contributed by atoms with Gasteiger partial charge in [-0.3, -0.25) is 4.79 Å². The summed E-state index contributed by atoms with van der Waals surface area (Å²) >= 11 is 1.61. The molecule has 0 amide bonds. The number of aryl methyl sites for hydroxylation is 1. The second-order valence-corrected chi connectivity index (χ2v) is 8.42. The van der Waals surface area contributed by atoms with E-state index in [0.717, 1.165) is 24.8 Å². The molecule has 3 rings (SSSR count). The van der Waals surface area contributed by atoms with Gasteiger partial charge >= 0.3 is 5.97 Å². The van der Waals surface area contributed by atoms with E-state index in [0.29, 0.717) is 12.4 Å². The Hall–Kier alpha value is -1.94. The van der Waals surface area contributed by atoms with Crippen LogP contribution in [0.5, 0.6) is 5.75 Å². The van der Waals surface area contributed by atoms with Crippen LogP contribution in [0.25, 0.3) is 0 Å². The summed E-state index contributed by atoms with van der Waals surface area (Å²) in [6.45, 7) is 8.65. The lowest BCUT2D eigenvalue weighted by molar-refractivity contribution is -0.142. The van der Waals surface area contributed by atoms with Crippen molar-refractivity contribution < 1.29 is 14.6 Å². The van der Waals surface area contributed by atoms with Crippen molar-refractivity contribution in [2.75, 3.05) is 6.61 Å². The quantitative estimate of drug-likeness (QED) is 0.679. The fraction of sp³-hybridized carbons (Fsp3) is 0.435. The highest BCUT2D eigenvalue weighted by Crippen LogP contribution is 2.44. The number of phenolic OH excluding ortho intramolecular Hbond substituents is 1. The Balaban J connectivity index is 1.98. The van der Waals surface area contributed by atoms with Crippen LogP contribution < -0.4 is 0 Å². The van der Waals surface area contributed by atoms with Gasteiger partial charge in [0.1, 0.15) is 11.0 Å². The number of thioether (sulfide) groups is 1. The molecule has 0 aliphatic carbocycles. The van der Waals surface area contributed by atoms with Crippen LogP contribution in [-0.4, -0.2) is 22.9 Å². The van der Waals surface area contributed by atoms with Crippen molar-refractivity contribution in [2.24, 2.45) is 0 Å². The number of hydrogen-bond donors (Lipinski definition) is 1. The number of phenols is 1.